The average molecular weight is 541 g/mol. The molecule has 39 heavy (non-hydrogen) atoms. The molecule has 10 heteroatoms. The lowest BCUT2D eigenvalue weighted by Gasteiger charge is -2.29. The first-order valence-corrected chi connectivity index (χ1v) is 13.0. The van der Waals surface area contributed by atoms with Gasteiger partial charge >= 0.3 is 6.18 Å². The van der Waals surface area contributed by atoms with E-state index in [1.807, 2.05) is 6.07 Å². The third kappa shape index (κ3) is 6.38. The number of nitrogens with zero attached hydrogens (tertiary/aromatic N) is 3. The average Bonchev–Trinajstić information content (AvgIpc) is 3.38. The Labute approximate surface area is 225 Å². The molecule has 0 bridgehead atoms. The summed E-state index contributed by atoms with van der Waals surface area (Å²) in [5.74, 6) is -2.08. The van der Waals surface area contributed by atoms with Crippen LogP contribution in [-0.2, 0) is 11.0 Å². The molecule has 2 aromatic carbocycles. The SMILES string of the molecule is Cc1cccc(C)c1C(=O)N(CCNC(=O)c1cn(-c2ccccc2)nc1C(F)(F)F)C(=O)C1CCCCC1. The van der Waals surface area contributed by atoms with Crippen molar-refractivity contribution < 1.29 is 27.6 Å². The molecule has 1 aromatic heterocycles. The zero-order valence-electron chi connectivity index (χ0n) is 21.9. The normalized spacial score (nSPS) is 14.2. The first kappa shape index (κ1) is 28.1. The fourth-order valence-electron chi connectivity index (χ4n) is 5.01. The van der Waals surface area contributed by atoms with Crippen LogP contribution in [0.1, 0.15) is 69.6 Å². The van der Waals surface area contributed by atoms with Gasteiger partial charge in [-0.15, -0.1) is 0 Å². The summed E-state index contributed by atoms with van der Waals surface area (Å²) in [5, 5.41) is 6.07. The molecule has 206 valence electrons. The molecule has 0 atom stereocenters. The molecular weight excluding hydrogens is 509 g/mol. The van der Waals surface area contributed by atoms with Crippen LogP contribution in [-0.4, -0.2) is 45.5 Å². The molecule has 4 rings (SSSR count). The Morgan fingerprint density at radius 3 is 2.23 bits per heavy atom. The molecule has 0 aliphatic heterocycles. The minimum Gasteiger partial charge on any atom is -0.350 e. The number of carbonyl (C=O) groups is 3. The van der Waals surface area contributed by atoms with Crippen molar-refractivity contribution in [2.24, 2.45) is 5.92 Å². The van der Waals surface area contributed by atoms with Crippen molar-refractivity contribution in [2.75, 3.05) is 13.1 Å². The minimum absolute atomic E-state index is 0.165. The molecule has 0 saturated heterocycles. The van der Waals surface area contributed by atoms with Gasteiger partial charge in [0.05, 0.1) is 11.3 Å². The van der Waals surface area contributed by atoms with Gasteiger partial charge in [0.25, 0.3) is 11.8 Å². The van der Waals surface area contributed by atoms with E-state index in [1.165, 1.54) is 0 Å². The lowest BCUT2D eigenvalue weighted by Crippen LogP contribution is -2.45. The van der Waals surface area contributed by atoms with E-state index in [-0.39, 0.29) is 24.9 Å². The van der Waals surface area contributed by atoms with Crippen LogP contribution < -0.4 is 5.32 Å². The van der Waals surface area contributed by atoms with E-state index in [0.717, 1.165) is 35.0 Å². The van der Waals surface area contributed by atoms with Crippen LogP contribution >= 0.6 is 0 Å². The number of imide groups is 1. The van der Waals surface area contributed by atoms with Crippen molar-refractivity contribution in [3.63, 3.8) is 0 Å². The van der Waals surface area contributed by atoms with Crippen molar-refractivity contribution in [1.82, 2.24) is 20.0 Å². The van der Waals surface area contributed by atoms with E-state index in [0.29, 0.717) is 35.2 Å². The second-order valence-electron chi connectivity index (χ2n) is 9.82. The van der Waals surface area contributed by atoms with Crippen LogP contribution in [0.4, 0.5) is 13.2 Å². The van der Waals surface area contributed by atoms with Crippen molar-refractivity contribution in [3.05, 3.63) is 82.7 Å². The largest absolute Gasteiger partial charge is 0.435 e. The van der Waals surface area contributed by atoms with Crippen LogP contribution in [0.25, 0.3) is 5.69 Å². The number of benzene rings is 2. The Morgan fingerprint density at radius 2 is 1.62 bits per heavy atom. The molecule has 7 nitrogen and oxygen atoms in total. The topological polar surface area (TPSA) is 84.3 Å². The summed E-state index contributed by atoms with van der Waals surface area (Å²) in [6, 6.07) is 13.5. The van der Waals surface area contributed by atoms with E-state index >= 15 is 0 Å². The summed E-state index contributed by atoms with van der Waals surface area (Å²) in [4.78, 5) is 41.1. The number of aryl methyl sites for hydroxylation is 2. The highest BCUT2D eigenvalue weighted by Gasteiger charge is 2.39. The number of para-hydroxylation sites is 1. The van der Waals surface area contributed by atoms with E-state index in [2.05, 4.69) is 10.4 Å². The Kier molecular flexibility index (Phi) is 8.52. The van der Waals surface area contributed by atoms with Gasteiger partial charge in [0.1, 0.15) is 0 Å². The van der Waals surface area contributed by atoms with E-state index in [4.69, 9.17) is 0 Å². The molecule has 1 saturated carbocycles. The predicted molar refractivity (Wildman–Crippen MR) is 139 cm³/mol. The van der Waals surface area contributed by atoms with Crippen molar-refractivity contribution in [1.29, 1.82) is 0 Å². The molecule has 3 aromatic rings. The Bertz CT molecular complexity index is 1330. The highest BCUT2D eigenvalue weighted by molar-refractivity contribution is 6.07. The monoisotopic (exact) mass is 540 g/mol. The Balaban J connectivity index is 1.55. The Hall–Kier alpha value is -3.95. The van der Waals surface area contributed by atoms with Gasteiger partial charge in [-0.2, -0.15) is 18.3 Å². The number of rotatable bonds is 7. The molecule has 1 aliphatic rings. The second kappa shape index (κ2) is 11.8. The number of alkyl halides is 3. The number of nitrogens with one attached hydrogen (secondary N) is 1. The molecule has 0 spiro atoms. The van der Waals surface area contributed by atoms with Crippen LogP contribution in [0.3, 0.4) is 0 Å². The minimum atomic E-state index is -4.85. The van der Waals surface area contributed by atoms with Gasteiger partial charge in [0.2, 0.25) is 5.91 Å². The zero-order valence-corrected chi connectivity index (χ0v) is 21.9. The van der Waals surface area contributed by atoms with E-state index in [9.17, 15) is 27.6 Å². The summed E-state index contributed by atoms with van der Waals surface area (Å²) in [6.45, 7) is 3.20. The number of halogens is 3. The fraction of sp³-hybridized carbons (Fsp3) is 0.379. The maximum absolute atomic E-state index is 13.7. The lowest BCUT2D eigenvalue weighted by molar-refractivity contribution is -0.141. The molecule has 1 aliphatic carbocycles. The zero-order chi connectivity index (χ0) is 28.2. The molecule has 1 fully saturated rings. The number of carbonyl (C=O) groups excluding carboxylic acids is 3. The van der Waals surface area contributed by atoms with Crippen LogP contribution in [0.15, 0.2) is 54.7 Å². The van der Waals surface area contributed by atoms with Gasteiger partial charge in [0, 0.05) is 30.8 Å². The van der Waals surface area contributed by atoms with Crippen molar-refractivity contribution in [3.8, 4) is 5.69 Å². The van der Waals surface area contributed by atoms with Crippen LogP contribution in [0.5, 0.6) is 0 Å². The maximum atomic E-state index is 13.7. The quantitative estimate of drug-likeness (QED) is 0.402. The lowest BCUT2D eigenvalue weighted by atomic mass is 9.88. The third-order valence-electron chi connectivity index (χ3n) is 7.03. The Morgan fingerprint density at radius 1 is 0.974 bits per heavy atom. The van der Waals surface area contributed by atoms with Crippen LogP contribution in [0, 0.1) is 19.8 Å². The number of amides is 3. The van der Waals surface area contributed by atoms with Gasteiger partial charge in [-0.05, 0) is 49.9 Å². The molecule has 1 N–H and O–H groups in total. The van der Waals surface area contributed by atoms with E-state index < -0.39 is 29.2 Å². The third-order valence-corrected chi connectivity index (χ3v) is 7.03. The summed E-state index contributed by atoms with van der Waals surface area (Å²) >= 11 is 0. The first-order chi connectivity index (χ1) is 18.6. The molecular formula is C29H31F3N4O3. The summed E-state index contributed by atoms with van der Waals surface area (Å²) in [7, 11) is 0. The van der Waals surface area contributed by atoms with Gasteiger partial charge in [-0.3, -0.25) is 19.3 Å². The molecule has 1 heterocycles. The van der Waals surface area contributed by atoms with E-state index in [1.54, 1.807) is 56.3 Å². The maximum Gasteiger partial charge on any atom is 0.435 e. The first-order valence-electron chi connectivity index (χ1n) is 13.0. The number of hydrogen-bond acceptors (Lipinski definition) is 4. The highest BCUT2D eigenvalue weighted by atomic mass is 19.4. The number of hydrogen-bond donors (Lipinski definition) is 1. The fourth-order valence-corrected chi connectivity index (χ4v) is 5.01. The summed E-state index contributed by atoms with van der Waals surface area (Å²) in [5.41, 5.74) is 0.257. The number of aromatic nitrogens is 2. The van der Waals surface area contributed by atoms with Crippen molar-refractivity contribution >= 4 is 17.7 Å². The summed E-state index contributed by atoms with van der Waals surface area (Å²) in [6.07, 6.45) is 0.343. The highest BCUT2D eigenvalue weighted by Crippen LogP contribution is 2.31. The summed E-state index contributed by atoms with van der Waals surface area (Å²) < 4.78 is 42.1. The van der Waals surface area contributed by atoms with Crippen LogP contribution in [0.2, 0.25) is 0 Å². The van der Waals surface area contributed by atoms with Gasteiger partial charge in [-0.1, -0.05) is 55.7 Å². The smallest absolute Gasteiger partial charge is 0.350 e. The molecule has 0 unspecified atom stereocenters. The predicted octanol–water partition coefficient (Wildman–Crippen LogP) is 5.49. The molecule has 3 amide bonds. The van der Waals surface area contributed by atoms with Gasteiger partial charge in [-0.25, -0.2) is 4.68 Å². The standard InChI is InChI=1S/C29H31F3N4O3/c1-19-10-9-11-20(2)24(19)28(39)35(27(38)21-12-5-3-6-13-21)17-16-33-26(37)23-18-36(22-14-7-4-8-15-22)34-25(23)29(30,31)32/h4,7-11,14-15,18,21H,3,5-6,12-13,16-17H2,1-2H3,(H,33,37). The van der Waals surface area contributed by atoms with Gasteiger partial charge < -0.3 is 5.32 Å². The van der Waals surface area contributed by atoms with Crippen molar-refractivity contribution in [2.45, 2.75) is 52.1 Å². The molecule has 0 radical (unpaired) electrons. The second-order valence-corrected chi connectivity index (χ2v) is 9.82. The van der Waals surface area contributed by atoms with Gasteiger partial charge in [0.15, 0.2) is 5.69 Å².